The molecule has 0 unspecified atom stereocenters. The van der Waals surface area contributed by atoms with Crippen LogP contribution in [-0.4, -0.2) is 53.7 Å². The lowest BCUT2D eigenvalue weighted by Crippen LogP contribution is -2.48. The molecule has 2 saturated heterocycles. The Hall–Kier alpha value is -1.66. The van der Waals surface area contributed by atoms with Crippen molar-refractivity contribution in [2.75, 3.05) is 25.0 Å². The number of nitrogens with zero attached hydrogens (tertiary/aromatic N) is 2. The lowest BCUT2D eigenvalue weighted by atomic mass is 10.0. The maximum atomic E-state index is 11.6. The second kappa shape index (κ2) is 6.45. The summed E-state index contributed by atoms with van der Waals surface area (Å²) in [5.74, 6) is 0.686. The highest BCUT2D eigenvalue weighted by molar-refractivity contribution is 5.97. The van der Waals surface area contributed by atoms with Gasteiger partial charge in [0.25, 0.3) is 5.91 Å². The Morgan fingerprint density at radius 2 is 2.22 bits per heavy atom. The molecule has 2 aliphatic heterocycles. The quantitative estimate of drug-likeness (QED) is 0.877. The van der Waals surface area contributed by atoms with Gasteiger partial charge >= 0.3 is 0 Å². The summed E-state index contributed by atoms with van der Waals surface area (Å²) >= 11 is 0. The molecule has 3 atom stereocenters. The molecular weight excluding hydrogens is 292 g/mol. The zero-order chi connectivity index (χ0) is 16.6. The number of rotatable bonds is 4. The van der Waals surface area contributed by atoms with Gasteiger partial charge in [0.05, 0.1) is 18.3 Å². The topological polar surface area (TPSA) is 80.5 Å². The number of pyridine rings is 1. The molecule has 0 radical (unpaired) electrons. The van der Waals surface area contributed by atoms with Gasteiger partial charge in [0, 0.05) is 30.9 Å². The van der Waals surface area contributed by atoms with Crippen LogP contribution < -0.4 is 11.1 Å². The zero-order valence-electron chi connectivity index (χ0n) is 14.1. The molecule has 0 saturated carbocycles. The number of aromatic nitrogens is 1. The largest absolute Gasteiger partial charge is 0.375 e. The van der Waals surface area contributed by atoms with Crippen molar-refractivity contribution >= 4 is 11.7 Å². The van der Waals surface area contributed by atoms with Gasteiger partial charge < -0.3 is 15.8 Å². The van der Waals surface area contributed by atoms with Crippen molar-refractivity contribution in [1.29, 1.82) is 0 Å². The summed E-state index contributed by atoms with van der Waals surface area (Å²) in [6, 6.07) is 4.27. The fraction of sp³-hybridized carbons (Fsp3) is 0.647. The molecular formula is C17H26N4O2. The van der Waals surface area contributed by atoms with Crippen LogP contribution in [0.25, 0.3) is 0 Å². The number of fused-ring (bicyclic) bond motifs is 1. The van der Waals surface area contributed by atoms with Crippen LogP contribution in [-0.2, 0) is 4.74 Å². The van der Waals surface area contributed by atoms with E-state index in [1.54, 1.807) is 6.07 Å². The van der Waals surface area contributed by atoms with Gasteiger partial charge in [0.1, 0.15) is 5.82 Å². The number of carbonyl (C=O) groups excluding carboxylic acids is 1. The van der Waals surface area contributed by atoms with Crippen LogP contribution in [0, 0.1) is 12.8 Å². The van der Waals surface area contributed by atoms with Gasteiger partial charge in [-0.2, -0.15) is 0 Å². The molecule has 3 N–H and O–H groups in total. The second-order valence-electron chi connectivity index (χ2n) is 7.01. The molecule has 0 aromatic carbocycles. The standard InChI is InChI=1S/C17H26N4O2/c1-10(2)15-8-21-7-12(6-13(21)9-23-15)20-17-14(16(18)22)5-4-11(3)19-17/h4-5,10,12-13,15H,6-9H2,1-3H3,(H2,18,22)(H,19,20)/t12-,13+,15+/m1/s1. The number of morpholine rings is 1. The van der Waals surface area contributed by atoms with Gasteiger partial charge in [-0.05, 0) is 31.4 Å². The molecule has 6 heteroatoms. The smallest absolute Gasteiger partial charge is 0.252 e. The molecule has 3 heterocycles. The highest BCUT2D eigenvalue weighted by Crippen LogP contribution is 2.28. The van der Waals surface area contributed by atoms with E-state index in [2.05, 4.69) is 29.0 Å². The van der Waals surface area contributed by atoms with Crippen molar-refractivity contribution in [3.63, 3.8) is 0 Å². The van der Waals surface area contributed by atoms with E-state index in [0.717, 1.165) is 31.8 Å². The van der Waals surface area contributed by atoms with E-state index >= 15 is 0 Å². The summed E-state index contributed by atoms with van der Waals surface area (Å²) in [4.78, 5) is 18.5. The SMILES string of the molecule is Cc1ccc(C(N)=O)c(N[C@@H]2C[C@H]3CO[C@H](C(C)C)CN3C2)n1. The summed E-state index contributed by atoms with van der Waals surface area (Å²) in [6.45, 7) is 9.02. The average Bonchev–Trinajstić information content (AvgIpc) is 2.88. The van der Waals surface area contributed by atoms with Crippen LogP contribution >= 0.6 is 0 Å². The van der Waals surface area contributed by atoms with Crippen LogP contribution in [0.3, 0.4) is 0 Å². The van der Waals surface area contributed by atoms with E-state index in [-0.39, 0.29) is 6.04 Å². The minimum Gasteiger partial charge on any atom is -0.375 e. The molecule has 126 valence electrons. The van der Waals surface area contributed by atoms with E-state index in [0.29, 0.717) is 29.4 Å². The molecule has 23 heavy (non-hydrogen) atoms. The Morgan fingerprint density at radius 1 is 1.43 bits per heavy atom. The lowest BCUT2D eigenvalue weighted by molar-refractivity contribution is -0.0683. The predicted molar refractivity (Wildman–Crippen MR) is 89.5 cm³/mol. The number of amides is 1. The first-order valence-electron chi connectivity index (χ1n) is 8.33. The fourth-order valence-corrected chi connectivity index (χ4v) is 3.47. The Bertz CT molecular complexity index is 590. The summed E-state index contributed by atoms with van der Waals surface area (Å²) in [5, 5.41) is 3.42. The molecule has 1 amide bonds. The minimum atomic E-state index is -0.445. The number of hydrogen-bond donors (Lipinski definition) is 2. The van der Waals surface area contributed by atoms with Crippen molar-refractivity contribution in [1.82, 2.24) is 9.88 Å². The molecule has 0 bridgehead atoms. The van der Waals surface area contributed by atoms with Gasteiger partial charge in [-0.15, -0.1) is 0 Å². The maximum absolute atomic E-state index is 11.6. The van der Waals surface area contributed by atoms with Crippen molar-refractivity contribution in [3.05, 3.63) is 23.4 Å². The highest BCUT2D eigenvalue weighted by atomic mass is 16.5. The summed E-state index contributed by atoms with van der Waals surface area (Å²) < 4.78 is 5.97. The Kier molecular flexibility index (Phi) is 4.55. The predicted octanol–water partition coefficient (Wildman–Crippen LogP) is 1.40. The van der Waals surface area contributed by atoms with Crippen molar-refractivity contribution in [3.8, 4) is 0 Å². The minimum absolute atomic E-state index is 0.266. The molecule has 6 nitrogen and oxygen atoms in total. The Morgan fingerprint density at radius 3 is 2.91 bits per heavy atom. The fourth-order valence-electron chi connectivity index (χ4n) is 3.47. The normalized spacial score (nSPS) is 27.9. The summed E-state index contributed by atoms with van der Waals surface area (Å²) in [6.07, 6.45) is 1.31. The van der Waals surface area contributed by atoms with E-state index in [4.69, 9.17) is 10.5 Å². The van der Waals surface area contributed by atoms with Crippen molar-refractivity contribution < 1.29 is 9.53 Å². The van der Waals surface area contributed by atoms with Crippen LogP contribution in [0.1, 0.15) is 36.3 Å². The summed E-state index contributed by atoms with van der Waals surface area (Å²) in [5.41, 5.74) is 6.79. The highest BCUT2D eigenvalue weighted by Gasteiger charge is 2.38. The average molecular weight is 318 g/mol. The van der Waals surface area contributed by atoms with Crippen LogP contribution in [0.5, 0.6) is 0 Å². The Labute approximate surface area is 137 Å². The van der Waals surface area contributed by atoms with Gasteiger partial charge in [-0.1, -0.05) is 13.8 Å². The third-order valence-electron chi connectivity index (χ3n) is 4.83. The number of carbonyl (C=O) groups is 1. The third-order valence-corrected chi connectivity index (χ3v) is 4.83. The molecule has 1 aromatic rings. The maximum Gasteiger partial charge on any atom is 0.252 e. The molecule has 0 spiro atoms. The molecule has 2 fully saturated rings. The lowest BCUT2D eigenvalue weighted by Gasteiger charge is -2.36. The number of aryl methyl sites for hydroxylation is 1. The first-order chi connectivity index (χ1) is 10.9. The van der Waals surface area contributed by atoms with Crippen LogP contribution in [0.2, 0.25) is 0 Å². The number of ether oxygens (including phenoxy) is 1. The van der Waals surface area contributed by atoms with Gasteiger partial charge in [-0.25, -0.2) is 4.98 Å². The first kappa shape index (κ1) is 16.2. The number of hydrogen-bond acceptors (Lipinski definition) is 5. The van der Waals surface area contributed by atoms with Crippen LogP contribution in [0.4, 0.5) is 5.82 Å². The third kappa shape index (κ3) is 3.48. The monoisotopic (exact) mass is 318 g/mol. The number of nitrogens with one attached hydrogen (secondary N) is 1. The van der Waals surface area contributed by atoms with Gasteiger partial charge in [0.2, 0.25) is 0 Å². The number of nitrogens with two attached hydrogens (primary N) is 1. The first-order valence-corrected chi connectivity index (χ1v) is 8.33. The number of anilines is 1. The van der Waals surface area contributed by atoms with E-state index in [9.17, 15) is 4.79 Å². The molecule has 1 aromatic heterocycles. The second-order valence-corrected chi connectivity index (χ2v) is 7.01. The van der Waals surface area contributed by atoms with E-state index < -0.39 is 5.91 Å². The van der Waals surface area contributed by atoms with Gasteiger partial charge in [0.15, 0.2) is 0 Å². The molecule has 2 aliphatic rings. The van der Waals surface area contributed by atoms with Gasteiger partial charge in [-0.3, -0.25) is 9.69 Å². The molecule has 0 aliphatic carbocycles. The van der Waals surface area contributed by atoms with E-state index in [1.165, 1.54) is 0 Å². The Balaban J connectivity index is 1.69. The van der Waals surface area contributed by atoms with Crippen LogP contribution in [0.15, 0.2) is 12.1 Å². The van der Waals surface area contributed by atoms with E-state index in [1.807, 2.05) is 13.0 Å². The van der Waals surface area contributed by atoms with Crippen molar-refractivity contribution in [2.45, 2.75) is 45.4 Å². The van der Waals surface area contributed by atoms with Crippen molar-refractivity contribution in [2.24, 2.45) is 11.7 Å². The molecule has 3 rings (SSSR count). The summed E-state index contributed by atoms with van der Waals surface area (Å²) in [7, 11) is 0. The number of primary amides is 1. The zero-order valence-corrected chi connectivity index (χ0v) is 14.1.